The first-order valence-electron chi connectivity index (χ1n) is 10.4. The van der Waals surface area contributed by atoms with Crippen LogP contribution in [0.25, 0.3) is 6.08 Å². The van der Waals surface area contributed by atoms with Crippen LogP contribution >= 0.6 is 11.6 Å². The molecule has 1 heterocycles. The summed E-state index contributed by atoms with van der Waals surface area (Å²) in [5.74, 6) is -0.298. The SMILES string of the molecule is COC(=O)C1=C(C)N(c2ccc(Cl)cc2)C(=O)/C1=C\c1ccccc1OCc1ccccc1. The Balaban J connectivity index is 1.73. The summed E-state index contributed by atoms with van der Waals surface area (Å²) in [5, 5.41) is 0.556. The maximum absolute atomic E-state index is 13.5. The average Bonchev–Trinajstić information content (AvgIpc) is 3.08. The average molecular weight is 460 g/mol. The summed E-state index contributed by atoms with van der Waals surface area (Å²) in [6, 6.07) is 24.1. The van der Waals surface area contributed by atoms with E-state index in [0.29, 0.717) is 34.3 Å². The van der Waals surface area contributed by atoms with Gasteiger partial charge in [0.1, 0.15) is 12.4 Å². The first kappa shape index (κ1) is 22.4. The Bertz CT molecular complexity index is 1250. The fourth-order valence-electron chi connectivity index (χ4n) is 3.70. The Labute approximate surface area is 197 Å². The number of esters is 1. The number of benzene rings is 3. The molecule has 1 amide bonds. The van der Waals surface area contributed by atoms with Gasteiger partial charge in [0.25, 0.3) is 5.91 Å². The number of nitrogens with zero attached hydrogens (tertiary/aromatic N) is 1. The smallest absolute Gasteiger partial charge is 0.340 e. The molecule has 5 nitrogen and oxygen atoms in total. The minimum absolute atomic E-state index is 0.218. The zero-order valence-corrected chi connectivity index (χ0v) is 19.0. The molecule has 1 aliphatic heterocycles. The zero-order valence-electron chi connectivity index (χ0n) is 18.2. The third kappa shape index (κ3) is 4.69. The van der Waals surface area contributed by atoms with E-state index in [9.17, 15) is 9.59 Å². The molecular weight excluding hydrogens is 438 g/mol. The third-order valence-electron chi connectivity index (χ3n) is 5.33. The number of ether oxygens (including phenoxy) is 2. The monoisotopic (exact) mass is 459 g/mol. The molecule has 0 fully saturated rings. The van der Waals surface area contributed by atoms with Gasteiger partial charge in [-0.15, -0.1) is 0 Å². The lowest BCUT2D eigenvalue weighted by Crippen LogP contribution is -2.24. The Kier molecular flexibility index (Phi) is 6.61. The molecule has 0 spiro atoms. The molecule has 166 valence electrons. The van der Waals surface area contributed by atoms with Gasteiger partial charge in [-0.3, -0.25) is 9.69 Å². The summed E-state index contributed by atoms with van der Waals surface area (Å²) in [7, 11) is 1.30. The molecule has 0 saturated carbocycles. The van der Waals surface area contributed by atoms with Crippen LogP contribution in [0.2, 0.25) is 5.02 Å². The Morgan fingerprint density at radius 3 is 2.33 bits per heavy atom. The summed E-state index contributed by atoms with van der Waals surface area (Å²) in [6.07, 6.45) is 1.67. The summed E-state index contributed by atoms with van der Waals surface area (Å²) >= 11 is 6.01. The highest BCUT2D eigenvalue weighted by Gasteiger charge is 2.38. The molecule has 0 atom stereocenters. The first-order chi connectivity index (χ1) is 16.0. The van der Waals surface area contributed by atoms with E-state index < -0.39 is 5.97 Å². The molecule has 1 aliphatic rings. The number of halogens is 1. The normalized spacial score (nSPS) is 14.7. The van der Waals surface area contributed by atoms with Crippen molar-refractivity contribution in [1.82, 2.24) is 0 Å². The van der Waals surface area contributed by atoms with Crippen molar-refractivity contribution in [2.24, 2.45) is 0 Å². The quantitative estimate of drug-likeness (QED) is 0.345. The van der Waals surface area contributed by atoms with Crippen molar-refractivity contribution in [3.63, 3.8) is 0 Å². The van der Waals surface area contributed by atoms with Crippen molar-refractivity contribution < 1.29 is 19.1 Å². The molecule has 0 bridgehead atoms. The summed E-state index contributed by atoms with van der Waals surface area (Å²) in [4.78, 5) is 27.6. The van der Waals surface area contributed by atoms with Gasteiger partial charge in [0, 0.05) is 22.0 Å². The fraction of sp³-hybridized carbons (Fsp3) is 0.111. The Hall–Kier alpha value is -3.83. The first-order valence-corrected chi connectivity index (χ1v) is 10.7. The standard InChI is InChI=1S/C27H22ClNO4/c1-18-25(27(31)32-2)23(26(30)29(18)22-14-12-21(28)13-15-22)16-20-10-6-7-11-24(20)33-17-19-8-4-3-5-9-19/h3-16H,17H2,1-2H3/b23-16-. The van der Waals surface area contributed by atoms with E-state index in [1.165, 1.54) is 12.0 Å². The molecular formula is C27H22ClNO4. The van der Waals surface area contributed by atoms with Crippen LogP contribution in [0.5, 0.6) is 5.75 Å². The number of anilines is 1. The molecule has 0 saturated heterocycles. The molecule has 0 N–H and O–H groups in total. The number of methoxy groups -OCH3 is 1. The van der Waals surface area contributed by atoms with Crippen LogP contribution in [-0.2, 0) is 20.9 Å². The van der Waals surface area contributed by atoms with Gasteiger partial charge >= 0.3 is 5.97 Å². The van der Waals surface area contributed by atoms with Crippen molar-refractivity contribution in [3.05, 3.63) is 112 Å². The van der Waals surface area contributed by atoms with E-state index in [2.05, 4.69) is 0 Å². The lowest BCUT2D eigenvalue weighted by Gasteiger charge is -2.18. The largest absolute Gasteiger partial charge is 0.488 e. The molecule has 0 aliphatic carbocycles. The molecule has 0 aromatic heterocycles. The molecule has 0 unspecified atom stereocenters. The van der Waals surface area contributed by atoms with E-state index >= 15 is 0 Å². The third-order valence-corrected chi connectivity index (χ3v) is 5.58. The minimum Gasteiger partial charge on any atom is -0.488 e. The summed E-state index contributed by atoms with van der Waals surface area (Å²) < 4.78 is 11.0. The molecule has 3 aromatic carbocycles. The van der Waals surface area contributed by atoms with Gasteiger partial charge in [-0.05, 0) is 48.9 Å². The van der Waals surface area contributed by atoms with E-state index in [1.807, 2.05) is 54.6 Å². The number of hydrogen-bond acceptors (Lipinski definition) is 4. The Morgan fingerprint density at radius 2 is 1.64 bits per heavy atom. The van der Waals surface area contributed by atoms with E-state index in [-0.39, 0.29) is 17.1 Å². The topological polar surface area (TPSA) is 55.8 Å². The summed E-state index contributed by atoms with van der Waals surface area (Å²) in [6.45, 7) is 2.10. The van der Waals surface area contributed by atoms with Crippen molar-refractivity contribution in [3.8, 4) is 5.75 Å². The predicted molar refractivity (Wildman–Crippen MR) is 129 cm³/mol. The van der Waals surface area contributed by atoms with Gasteiger partial charge in [-0.2, -0.15) is 0 Å². The Morgan fingerprint density at radius 1 is 0.970 bits per heavy atom. The zero-order chi connectivity index (χ0) is 23.4. The van der Waals surface area contributed by atoms with Gasteiger partial charge < -0.3 is 9.47 Å². The number of hydrogen-bond donors (Lipinski definition) is 0. The molecule has 0 radical (unpaired) electrons. The molecule has 4 rings (SSSR count). The second-order valence-electron chi connectivity index (χ2n) is 7.44. The maximum Gasteiger partial charge on any atom is 0.340 e. The van der Waals surface area contributed by atoms with Crippen LogP contribution in [0.4, 0.5) is 5.69 Å². The van der Waals surface area contributed by atoms with Gasteiger partial charge in [-0.25, -0.2) is 4.79 Å². The van der Waals surface area contributed by atoms with Crippen LogP contribution in [0.3, 0.4) is 0 Å². The highest BCUT2D eigenvalue weighted by molar-refractivity contribution is 6.30. The highest BCUT2D eigenvalue weighted by Crippen LogP contribution is 2.36. The second-order valence-corrected chi connectivity index (χ2v) is 7.88. The van der Waals surface area contributed by atoms with Gasteiger partial charge in [0.15, 0.2) is 0 Å². The van der Waals surface area contributed by atoms with Crippen molar-refractivity contribution >= 4 is 35.2 Å². The number of rotatable bonds is 6. The second kappa shape index (κ2) is 9.76. The number of amides is 1. The number of para-hydroxylation sites is 1. The summed E-state index contributed by atoms with van der Waals surface area (Å²) in [5.41, 5.74) is 3.27. The number of carbonyl (C=O) groups is 2. The van der Waals surface area contributed by atoms with Crippen molar-refractivity contribution in [2.45, 2.75) is 13.5 Å². The fourth-order valence-corrected chi connectivity index (χ4v) is 3.83. The maximum atomic E-state index is 13.5. The number of allylic oxidation sites excluding steroid dienone is 1. The predicted octanol–water partition coefficient (Wildman–Crippen LogP) is 5.80. The van der Waals surface area contributed by atoms with E-state index in [1.54, 1.807) is 37.3 Å². The lowest BCUT2D eigenvalue weighted by molar-refractivity contribution is -0.136. The van der Waals surface area contributed by atoms with Crippen molar-refractivity contribution in [1.29, 1.82) is 0 Å². The van der Waals surface area contributed by atoms with Gasteiger partial charge in [-0.1, -0.05) is 60.1 Å². The molecule has 6 heteroatoms. The van der Waals surface area contributed by atoms with Gasteiger partial charge in [0.2, 0.25) is 0 Å². The number of carbonyl (C=O) groups excluding carboxylic acids is 2. The molecule has 3 aromatic rings. The van der Waals surface area contributed by atoms with E-state index in [0.717, 1.165) is 5.56 Å². The van der Waals surface area contributed by atoms with Crippen LogP contribution in [-0.4, -0.2) is 19.0 Å². The van der Waals surface area contributed by atoms with Crippen LogP contribution in [0.1, 0.15) is 18.1 Å². The van der Waals surface area contributed by atoms with Crippen LogP contribution in [0, 0.1) is 0 Å². The van der Waals surface area contributed by atoms with Crippen LogP contribution < -0.4 is 9.64 Å². The molecule has 33 heavy (non-hydrogen) atoms. The lowest BCUT2D eigenvalue weighted by atomic mass is 10.0. The van der Waals surface area contributed by atoms with Gasteiger partial charge in [0.05, 0.1) is 18.3 Å². The van der Waals surface area contributed by atoms with Crippen LogP contribution in [0.15, 0.2) is 95.7 Å². The minimum atomic E-state index is -0.578. The van der Waals surface area contributed by atoms with E-state index in [4.69, 9.17) is 21.1 Å². The van der Waals surface area contributed by atoms with Crippen molar-refractivity contribution in [2.75, 3.05) is 12.0 Å². The highest BCUT2D eigenvalue weighted by atomic mass is 35.5.